The van der Waals surface area contributed by atoms with Gasteiger partial charge < -0.3 is 5.11 Å². The maximum absolute atomic E-state index is 12.7. The van der Waals surface area contributed by atoms with Gasteiger partial charge in [-0.3, -0.25) is 4.79 Å². The topological polar surface area (TPSA) is 37.3 Å². The molecule has 0 spiro atoms. The molecule has 0 aliphatic rings. The Morgan fingerprint density at radius 3 is 2.04 bits per heavy atom. The SMILES string of the molecule is CC(C)CC(CC(C)SCCCCCC(F)(F)C(F)(F)F)C(=O)O. The van der Waals surface area contributed by atoms with E-state index in [9.17, 15) is 31.9 Å². The van der Waals surface area contributed by atoms with E-state index in [4.69, 9.17) is 0 Å². The Hall–Kier alpha value is -0.530. The number of rotatable bonds is 12. The van der Waals surface area contributed by atoms with Crippen LogP contribution in [0.3, 0.4) is 0 Å². The third-order valence-electron chi connectivity index (χ3n) is 3.67. The molecule has 0 saturated heterocycles. The fourth-order valence-corrected chi connectivity index (χ4v) is 3.53. The van der Waals surface area contributed by atoms with Gasteiger partial charge in [0, 0.05) is 11.7 Å². The van der Waals surface area contributed by atoms with Crippen LogP contribution in [0.1, 0.15) is 59.3 Å². The van der Waals surface area contributed by atoms with Gasteiger partial charge in [-0.25, -0.2) is 0 Å². The van der Waals surface area contributed by atoms with E-state index in [1.165, 1.54) is 11.8 Å². The van der Waals surface area contributed by atoms with Gasteiger partial charge in [0.15, 0.2) is 0 Å². The fourth-order valence-electron chi connectivity index (χ4n) is 2.39. The molecule has 0 aromatic carbocycles. The molecule has 0 rings (SSSR count). The van der Waals surface area contributed by atoms with E-state index in [0.717, 1.165) is 0 Å². The van der Waals surface area contributed by atoms with E-state index < -0.39 is 30.4 Å². The van der Waals surface area contributed by atoms with E-state index in [2.05, 4.69) is 0 Å². The minimum Gasteiger partial charge on any atom is -0.481 e. The van der Waals surface area contributed by atoms with Crippen LogP contribution in [-0.4, -0.2) is 34.2 Å². The molecule has 0 aliphatic carbocycles. The van der Waals surface area contributed by atoms with Crippen LogP contribution in [-0.2, 0) is 4.79 Å². The maximum Gasteiger partial charge on any atom is 0.453 e. The fraction of sp³-hybridized carbons (Fsp3) is 0.938. The summed E-state index contributed by atoms with van der Waals surface area (Å²) in [5.41, 5.74) is 0. The summed E-state index contributed by atoms with van der Waals surface area (Å²) in [6.07, 6.45) is -4.83. The highest BCUT2D eigenvalue weighted by Crippen LogP contribution is 2.39. The van der Waals surface area contributed by atoms with Crippen LogP contribution in [0.2, 0.25) is 0 Å². The smallest absolute Gasteiger partial charge is 0.453 e. The first-order valence-corrected chi connectivity index (χ1v) is 9.20. The van der Waals surface area contributed by atoms with Gasteiger partial charge in [0.25, 0.3) is 0 Å². The first kappa shape index (κ1) is 23.5. The summed E-state index contributed by atoms with van der Waals surface area (Å²) in [6, 6.07) is 0. The van der Waals surface area contributed by atoms with Gasteiger partial charge >= 0.3 is 18.1 Å². The highest BCUT2D eigenvalue weighted by atomic mass is 32.2. The predicted octanol–water partition coefficient (Wildman–Crippen LogP) is 6.00. The molecule has 8 heteroatoms. The molecule has 0 heterocycles. The Labute approximate surface area is 144 Å². The number of hydrogen-bond donors (Lipinski definition) is 1. The average Bonchev–Trinajstić information content (AvgIpc) is 2.39. The lowest BCUT2D eigenvalue weighted by molar-refractivity contribution is -0.284. The molecule has 0 saturated carbocycles. The minimum atomic E-state index is -5.47. The molecule has 144 valence electrons. The van der Waals surface area contributed by atoms with Gasteiger partial charge in [0.2, 0.25) is 0 Å². The first-order valence-electron chi connectivity index (χ1n) is 8.15. The zero-order valence-corrected chi connectivity index (χ0v) is 15.2. The number of hydrogen-bond acceptors (Lipinski definition) is 2. The zero-order chi connectivity index (χ0) is 19.0. The molecule has 1 N–H and O–H groups in total. The van der Waals surface area contributed by atoms with Crippen LogP contribution in [0.25, 0.3) is 0 Å². The van der Waals surface area contributed by atoms with Crippen LogP contribution in [0.5, 0.6) is 0 Å². The lowest BCUT2D eigenvalue weighted by atomic mass is 9.93. The van der Waals surface area contributed by atoms with Crippen molar-refractivity contribution < 1.29 is 31.9 Å². The summed E-state index contributed by atoms with van der Waals surface area (Å²) in [7, 11) is 0. The van der Waals surface area contributed by atoms with Gasteiger partial charge in [-0.05, 0) is 37.4 Å². The van der Waals surface area contributed by atoms with E-state index in [0.29, 0.717) is 37.4 Å². The molecule has 0 bridgehead atoms. The Morgan fingerprint density at radius 1 is 1.00 bits per heavy atom. The minimum absolute atomic E-state index is 0.112. The molecule has 0 amide bonds. The molecule has 24 heavy (non-hydrogen) atoms. The predicted molar refractivity (Wildman–Crippen MR) is 86.6 cm³/mol. The molecule has 2 unspecified atom stereocenters. The van der Waals surface area contributed by atoms with E-state index in [1.54, 1.807) is 0 Å². The van der Waals surface area contributed by atoms with Gasteiger partial charge in [-0.15, -0.1) is 0 Å². The van der Waals surface area contributed by atoms with Crippen LogP contribution in [0, 0.1) is 11.8 Å². The summed E-state index contributed by atoms with van der Waals surface area (Å²) in [5, 5.41) is 9.29. The van der Waals surface area contributed by atoms with Crippen molar-refractivity contribution in [2.24, 2.45) is 11.8 Å². The second kappa shape index (κ2) is 10.5. The zero-order valence-electron chi connectivity index (χ0n) is 14.3. The number of carboxylic acids is 1. The Balaban J connectivity index is 3.94. The van der Waals surface area contributed by atoms with Gasteiger partial charge in [0.1, 0.15) is 0 Å². The Kier molecular flexibility index (Phi) is 10.2. The molecule has 0 radical (unpaired) electrons. The summed E-state index contributed by atoms with van der Waals surface area (Å²) in [6.45, 7) is 5.84. The van der Waals surface area contributed by atoms with E-state index in [1.807, 2.05) is 20.8 Å². The van der Waals surface area contributed by atoms with Crippen molar-refractivity contribution in [1.82, 2.24) is 0 Å². The van der Waals surface area contributed by atoms with E-state index in [-0.39, 0.29) is 11.7 Å². The molecule has 0 fully saturated rings. The van der Waals surface area contributed by atoms with Crippen molar-refractivity contribution in [3.8, 4) is 0 Å². The van der Waals surface area contributed by atoms with Crippen LogP contribution in [0.15, 0.2) is 0 Å². The molecule has 0 aromatic heterocycles. The van der Waals surface area contributed by atoms with Crippen LogP contribution >= 0.6 is 11.8 Å². The number of unbranched alkanes of at least 4 members (excludes halogenated alkanes) is 2. The molecular formula is C16H27F5O2S. The highest BCUT2D eigenvalue weighted by Gasteiger charge is 2.56. The van der Waals surface area contributed by atoms with Gasteiger partial charge in [-0.2, -0.15) is 33.7 Å². The van der Waals surface area contributed by atoms with Gasteiger partial charge in [-0.1, -0.05) is 27.2 Å². The van der Waals surface area contributed by atoms with Crippen molar-refractivity contribution >= 4 is 17.7 Å². The Morgan fingerprint density at radius 2 is 1.58 bits per heavy atom. The van der Waals surface area contributed by atoms with Crippen LogP contribution in [0.4, 0.5) is 22.0 Å². The van der Waals surface area contributed by atoms with Crippen LogP contribution < -0.4 is 0 Å². The highest BCUT2D eigenvalue weighted by molar-refractivity contribution is 7.99. The molecule has 0 aromatic rings. The quantitative estimate of drug-likeness (QED) is 0.334. The standard InChI is InChI=1S/C16H27F5O2S/c1-11(2)9-13(14(22)23)10-12(3)24-8-6-4-5-7-15(17,18)16(19,20)21/h11-13H,4-10H2,1-3H3,(H,22,23). The first-order chi connectivity index (χ1) is 10.9. The van der Waals surface area contributed by atoms with Crippen molar-refractivity contribution in [2.75, 3.05) is 5.75 Å². The average molecular weight is 378 g/mol. The summed E-state index contributed by atoms with van der Waals surface area (Å²) < 4.78 is 61.4. The summed E-state index contributed by atoms with van der Waals surface area (Å²) in [5.74, 6) is -4.91. The largest absolute Gasteiger partial charge is 0.481 e. The lowest BCUT2D eigenvalue weighted by Crippen LogP contribution is -2.36. The third-order valence-corrected chi connectivity index (χ3v) is 4.96. The third kappa shape index (κ3) is 9.69. The monoisotopic (exact) mass is 378 g/mol. The number of carbonyl (C=O) groups is 1. The lowest BCUT2D eigenvalue weighted by Gasteiger charge is -2.20. The van der Waals surface area contributed by atoms with Crippen molar-refractivity contribution in [3.63, 3.8) is 0 Å². The second-order valence-corrected chi connectivity index (χ2v) is 8.14. The van der Waals surface area contributed by atoms with Gasteiger partial charge in [0.05, 0.1) is 5.92 Å². The molecular weight excluding hydrogens is 351 g/mol. The molecule has 0 aliphatic heterocycles. The number of carboxylic acid groups (broad SMARTS) is 1. The summed E-state index contributed by atoms with van der Waals surface area (Å²) in [4.78, 5) is 11.2. The number of aliphatic carboxylic acids is 1. The number of alkyl halides is 5. The number of thioether (sulfide) groups is 1. The molecule has 2 atom stereocenters. The Bertz CT molecular complexity index is 372. The maximum atomic E-state index is 12.7. The molecule has 2 nitrogen and oxygen atoms in total. The second-order valence-electron chi connectivity index (χ2n) is 6.59. The van der Waals surface area contributed by atoms with Crippen molar-refractivity contribution in [2.45, 2.75) is 76.6 Å². The number of halogens is 5. The normalized spacial score (nSPS) is 15.5. The van der Waals surface area contributed by atoms with Crippen molar-refractivity contribution in [1.29, 1.82) is 0 Å². The summed E-state index contributed by atoms with van der Waals surface area (Å²) >= 11 is 1.54. The van der Waals surface area contributed by atoms with Crippen molar-refractivity contribution in [3.05, 3.63) is 0 Å². The van der Waals surface area contributed by atoms with E-state index >= 15 is 0 Å².